The molecule has 0 spiro atoms. The number of halogens is 4. The number of rotatable bonds is 3. The predicted molar refractivity (Wildman–Crippen MR) is 95.6 cm³/mol. The van der Waals surface area contributed by atoms with Gasteiger partial charge in [-0.2, -0.15) is 13.2 Å². The standard InChI is InChI=1S/C19H17F4N3O2/c20-14-3-1-13(2-4-14)17(27)24-15-5-7-16(8-6-15)25-9-11-26(12-10-25)18(28)19(21,22)23/h1-8H,9-12H2,(H,24,27). The lowest BCUT2D eigenvalue weighted by molar-refractivity contribution is -0.185. The van der Waals surface area contributed by atoms with Crippen LogP contribution < -0.4 is 10.2 Å². The number of amides is 2. The minimum absolute atomic E-state index is 0.0125. The Morgan fingerprint density at radius 1 is 0.857 bits per heavy atom. The Bertz CT molecular complexity index is 843. The van der Waals surface area contributed by atoms with Crippen molar-refractivity contribution in [3.8, 4) is 0 Å². The summed E-state index contributed by atoms with van der Waals surface area (Å²) in [7, 11) is 0. The maximum absolute atomic E-state index is 12.9. The average Bonchev–Trinajstić information content (AvgIpc) is 2.68. The van der Waals surface area contributed by atoms with Crippen LogP contribution in [0.25, 0.3) is 0 Å². The Kier molecular flexibility index (Phi) is 5.53. The predicted octanol–water partition coefficient (Wildman–Crippen LogP) is 3.29. The molecular weight excluding hydrogens is 378 g/mol. The molecule has 3 rings (SSSR count). The highest BCUT2D eigenvalue weighted by Crippen LogP contribution is 2.23. The zero-order valence-electron chi connectivity index (χ0n) is 14.7. The van der Waals surface area contributed by atoms with Crippen LogP contribution in [0.1, 0.15) is 10.4 Å². The van der Waals surface area contributed by atoms with E-state index in [1.165, 1.54) is 24.3 Å². The van der Waals surface area contributed by atoms with Crippen molar-refractivity contribution in [2.75, 3.05) is 36.4 Å². The smallest absolute Gasteiger partial charge is 0.368 e. The number of alkyl halides is 3. The van der Waals surface area contributed by atoms with Gasteiger partial charge in [-0.15, -0.1) is 0 Å². The Hall–Kier alpha value is -3.10. The van der Waals surface area contributed by atoms with Crippen LogP contribution in [0.15, 0.2) is 48.5 Å². The van der Waals surface area contributed by atoms with Crippen molar-refractivity contribution in [1.29, 1.82) is 0 Å². The summed E-state index contributed by atoms with van der Waals surface area (Å²) in [6.45, 7) is 0.537. The van der Waals surface area contributed by atoms with Gasteiger partial charge in [-0.1, -0.05) is 0 Å². The molecule has 28 heavy (non-hydrogen) atoms. The van der Waals surface area contributed by atoms with Crippen LogP contribution in [-0.4, -0.2) is 49.1 Å². The van der Waals surface area contributed by atoms with Crippen molar-refractivity contribution in [2.24, 2.45) is 0 Å². The van der Waals surface area contributed by atoms with Crippen molar-refractivity contribution >= 4 is 23.2 Å². The summed E-state index contributed by atoms with van der Waals surface area (Å²) in [5.41, 5.74) is 1.62. The van der Waals surface area contributed by atoms with E-state index in [1.54, 1.807) is 24.3 Å². The van der Waals surface area contributed by atoms with Crippen LogP contribution in [0.2, 0.25) is 0 Å². The molecule has 0 aliphatic carbocycles. The second-order valence-electron chi connectivity index (χ2n) is 6.28. The van der Waals surface area contributed by atoms with Crippen LogP contribution in [0.5, 0.6) is 0 Å². The average molecular weight is 395 g/mol. The van der Waals surface area contributed by atoms with Gasteiger partial charge in [0.1, 0.15) is 5.82 Å². The van der Waals surface area contributed by atoms with Crippen molar-refractivity contribution < 1.29 is 27.2 Å². The van der Waals surface area contributed by atoms with Crippen molar-refractivity contribution in [3.63, 3.8) is 0 Å². The third kappa shape index (κ3) is 4.59. The second kappa shape index (κ2) is 7.87. The van der Waals surface area contributed by atoms with E-state index in [4.69, 9.17) is 0 Å². The zero-order valence-corrected chi connectivity index (χ0v) is 14.7. The van der Waals surface area contributed by atoms with Crippen LogP contribution in [0.4, 0.5) is 28.9 Å². The van der Waals surface area contributed by atoms with Crippen LogP contribution in [0.3, 0.4) is 0 Å². The van der Waals surface area contributed by atoms with Crippen LogP contribution in [-0.2, 0) is 4.79 Å². The summed E-state index contributed by atoms with van der Waals surface area (Å²) < 4.78 is 50.4. The van der Waals surface area contributed by atoms with E-state index < -0.39 is 17.9 Å². The largest absolute Gasteiger partial charge is 0.471 e. The van der Waals surface area contributed by atoms with E-state index in [0.29, 0.717) is 11.3 Å². The van der Waals surface area contributed by atoms with Gasteiger partial charge < -0.3 is 15.1 Å². The lowest BCUT2D eigenvalue weighted by Gasteiger charge is -2.36. The first-order valence-corrected chi connectivity index (χ1v) is 8.52. The van der Waals surface area contributed by atoms with Gasteiger partial charge in [0.25, 0.3) is 5.91 Å². The van der Waals surface area contributed by atoms with E-state index >= 15 is 0 Å². The molecule has 0 unspecified atom stereocenters. The molecule has 148 valence electrons. The van der Waals surface area contributed by atoms with Crippen LogP contribution >= 0.6 is 0 Å². The second-order valence-corrected chi connectivity index (χ2v) is 6.28. The van der Waals surface area contributed by atoms with Gasteiger partial charge in [-0.05, 0) is 48.5 Å². The van der Waals surface area contributed by atoms with Gasteiger partial charge in [0.2, 0.25) is 0 Å². The zero-order chi connectivity index (χ0) is 20.3. The molecule has 1 aliphatic heterocycles. The van der Waals surface area contributed by atoms with E-state index in [1.807, 2.05) is 4.90 Å². The molecule has 2 aromatic carbocycles. The van der Waals surface area contributed by atoms with Gasteiger partial charge in [-0.25, -0.2) is 4.39 Å². The summed E-state index contributed by atoms with van der Waals surface area (Å²) in [4.78, 5) is 26.1. The molecule has 0 bridgehead atoms. The molecule has 2 aromatic rings. The summed E-state index contributed by atoms with van der Waals surface area (Å²) in [5.74, 6) is -2.63. The number of nitrogens with zero attached hydrogens (tertiary/aromatic N) is 2. The number of anilines is 2. The van der Waals surface area contributed by atoms with E-state index in [2.05, 4.69) is 5.32 Å². The number of benzene rings is 2. The Morgan fingerprint density at radius 2 is 1.43 bits per heavy atom. The highest BCUT2D eigenvalue weighted by Gasteiger charge is 2.43. The third-order valence-electron chi connectivity index (χ3n) is 4.41. The molecule has 1 saturated heterocycles. The summed E-state index contributed by atoms with van der Waals surface area (Å²) in [5, 5.41) is 2.69. The summed E-state index contributed by atoms with van der Waals surface area (Å²) in [6, 6.07) is 12.0. The monoisotopic (exact) mass is 395 g/mol. The Labute approximate surface area is 158 Å². The molecule has 9 heteroatoms. The lowest BCUT2D eigenvalue weighted by atomic mass is 10.2. The molecule has 2 amide bonds. The number of nitrogens with one attached hydrogen (secondary N) is 1. The van der Waals surface area contributed by atoms with Gasteiger partial charge in [-0.3, -0.25) is 9.59 Å². The first-order chi connectivity index (χ1) is 13.2. The minimum Gasteiger partial charge on any atom is -0.368 e. The fourth-order valence-corrected chi connectivity index (χ4v) is 2.91. The minimum atomic E-state index is -4.85. The third-order valence-corrected chi connectivity index (χ3v) is 4.41. The molecule has 0 aromatic heterocycles. The molecule has 5 nitrogen and oxygen atoms in total. The normalized spacial score (nSPS) is 14.7. The van der Waals surface area contributed by atoms with Crippen LogP contribution in [0, 0.1) is 5.82 Å². The fourth-order valence-electron chi connectivity index (χ4n) is 2.91. The molecule has 1 heterocycles. The van der Waals surface area contributed by atoms with Gasteiger partial charge in [0.05, 0.1) is 0 Å². The van der Waals surface area contributed by atoms with Gasteiger partial charge in [0.15, 0.2) is 0 Å². The molecule has 0 radical (unpaired) electrons. The Morgan fingerprint density at radius 3 is 1.96 bits per heavy atom. The molecule has 1 aliphatic rings. The maximum Gasteiger partial charge on any atom is 0.471 e. The number of hydrogen-bond donors (Lipinski definition) is 1. The number of carbonyl (C=O) groups excluding carboxylic acids is 2. The quantitative estimate of drug-likeness (QED) is 0.812. The van der Waals surface area contributed by atoms with E-state index in [9.17, 15) is 27.2 Å². The van der Waals surface area contributed by atoms with Gasteiger partial charge >= 0.3 is 12.1 Å². The number of carbonyl (C=O) groups is 2. The molecule has 1 N–H and O–H groups in total. The first kappa shape index (κ1) is 19.7. The molecule has 0 saturated carbocycles. The Balaban J connectivity index is 1.57. The number of hydrogen-bond acceptors (Lipinski definition) is 3. The van der Waals surface area contributed by atoms with Gasteiger partial charge in [0, 0.05) is 43.1 Å². The van der Waals surface area contributed by atoms with Crippen molar-refractivity contribution in [2.45, 2.75) is 6.18 Å². The summed E-state index contributed by atoms with van der Waals surface area (Å²) in [6.07, 6.45) is -4.85. The SMILES string of the molecule is O=C(Nc1ccc(N2CCN(C(=O)C(F)(F)F)CC2)cc1)c1ccc(F)cc1. The lowest BCUT2D eigenvalue weighted by Crippen LogP contribution is -2.52. The first-order valence-electron chi connectivity index (χ1n) is 8.52. The van der Waals surface area contributed by atoms with Crippen molar-refractivity contribution in [3.05, 3.63) is 59.9 Å². The molecular formula is C19H17F4N3O2. The highest BCUT2D eigenvalue weighted by atomic mass is 19.4. The molecule has 0 atom stereocenters. The van der Waals surface area contributed by atoms with Crippen molar-refractivity contribution in [1.82, 2.24) is 4.90 Å². The summed E-state index contributed by atoms with van der Waals surface area (Å²) >= 11 is 0. The highest BCUT2D eigenvalue weighted by molar-refractivity contribution is 6.04. The fraction of sp³-hybridized carbons (Fsp3) is 0.263. The maximum atomic E-state index is 12.9. The number of piperazine rings is 1. The van der Waals surface area contributed by atoms with E-state index in [0.717, 1.165) is 10.6 Å². The van der Waals surface area contributed by atoms with E-state index in [-0.39, 0.29) is 32.1 Å². The topological polar surface area (TPSA) is 52.7 Å². The molecule has 1 fully saturated rings.